The minimum atomic E-state index is -3.04. The Kier molecular flexibility index (Phi) is 5.18. The van der Waals surface area contributed by atoms with Crippen LogP contribution in [0.2, 0.25) is 0 Å². The predicted octanol–water partition coefficient (Wildman–Crippen LogP) is -0.474. The summed E-state index contributed by atoms with van der Waals surface area (Å²) in [6, 6.07) is 0. The molecule has 0 aromatic carbocycles. The van der Waals surface area contributed by atoms with Crippen LogP contribution < -0.4 is 10.0 Å². The standard InChI is InChI=1S/C12H23N3O3S/c16-10-13-9-11-3-6-15(7-4-11)8-5-14-19(17,18)12-1-2-12/h10-12,14H,1-9H2,(H,13,16). The van der Waals surface area contributed by atoms with Gasteiger partial charge < -0.3 is 10.2 Å². The second-order valence-electron chi connectivity index (χ2n) is 5.45. The normalized spacial score (nSPS) is 22.3. The van der Waals surface area contributed by atoms with Crippen molar-refractivity contribution in [3.8, 4) is 0 Å². The lowest BCUT2D eigenvalue weighted by Gasteiger charge is -2.31. The van der Waals surface area contributed by atoms with Gasteiger partial charge in [0.05, 0.1) is 5.25 Å². The van der Waals surface area contributed by atoms with E-state index in [1.54, 1.807) is 0 Å². The number of amides is 1. The molecule has 0 bridgehead atoms. The van der Waals surface area contributed by atoms with E-state index in [2.05, 4.69) is 14.9 Å². The van der Waals surface area contributed by atoms with Crippen LogP contribution in [-0.2, 0) is 14.8 Å². The zero-order valence-electron chi connectivity index (χ0n) is 11.2. The van der Waals surface area contributed by atoms with E-state index in [-0.39, 0.29) is 5.25 Å². The summed E-state index contributed by atoms with van der Waals surface area (Å²) >= 11 is 0. The molecule has 0 aromatic heterocycles. The SMILES string of the molecule is O=CNCC1CCN(CCNS(=O)(=O)C2CC2)CC1. The van der Waals surface area contributed by atoms with Crippen molar-refractivity contribution in [3.63, 3.8) is 0 Å². The summed E-state index contributed by atoms with van der Waals surface area (Å²) in [5.41, 5.74) is 0. The van der Waals surface area contributed by atoms with Gasteiger partial charge in [0.1, 0.15) is 0 Å². The summed E-state index contributed by atoms with van der Waals surface area (Å²) in [7, 11) is -3.04. The molecule has 0 aromatic rings. The Morgan fingerprint density at radius 2 is 1.84 bits per heavy atom. The molecule has 19 heavy (non-hydrogen) atoms. The molecule has 2 fully saturated rings. The number of hydrogen-bond acceptors (Lipinski definition) is 4. The van der Waals surface area contributed by atoms with Gasteiger partial charge in [-0.3, -0.25) is 4.79 Å². The van der Waals surface area contributed by atoms with E-state index in [4.69, 9.17) is 0 Å². The zero-order valence-corrected chi connectivity index (χ0v) is 12.0. The van der Waals surface area contributed by atoms with Crippen LogP contribution in [0, 0.1) is 5.92 Å². The van der Waals surface area contributed by atoms with Gasteiger partial charge >= 0.3 is 0 Å². The highest BCUT2D eigenvalue weighted by atomic mass is 32.2. The van der Waals surface area contributed by atoms with E-state index in [1.165, 1.54) is 0 Å². The minimum Gasteiger partial charge on any atom is -0.358 e. The molecule has 1 aliphatic heterocycles. The van der Waals surface area contributed by atoms with Crippen molar-refractivity contribution in [1.82, 2.24) is 14.9 Å². The largest absolute Gasteiger partial charge is 0.358 e. The van der Waals surface area contributed by atoms with Crippen LogP contribution in [0.5, 0.6) is 0 Å². The van der Waals surface area contributed by atoms with Gasteiger partial charge in [-0.05, 0) is 44.7 Å². The average Bonchev–Trinajstić information content (AvgIpc) is 3.22. The highest BCUT2D eigenvalue weighted by Crippen LogP contribution is 2.27. The van der Waals surface area contributed by atoms with Gasteiger partial charge in [0.25, 0.3) is 0 Å². The highest BCUT2D eigenvalue weighted by Gasteiger charge is 2.35. The number of hydrogen-bond donors (Lipinski definition) is 2. The molecule has 1 saturated heterocycles. The predicted molar refractivity (Wildman–Crippen MR) is 73.2 cm³/mol. The third kappa shape index (κ3) is 4.74. The first-order valence-corrected chi connectivity index (χ1v) is 8.54. The maximum absolute atomic E-state index is 11.6. The number of sulfonamides is 1. The number of rotatable bonds is 8. The van der Waals surface area contributed by atoms with Gasteiger partial charge in [0.2, 0.25) is 16.4 Å². The molecule has 1 aliphatic carbocycles. The third-order valence-corrected chi connectivity index (χ3v) is 5.85. The first-order chi connectivity index (χ1) is 9.12. The van der Waals surface area contributed by atoms with Crippen molar-refractivity contribution < 1.29 is 13.2 Å². The van der Waals surface area contributed by atoms with Crippen molar-refractivity contribution in [1.29, 1.82) is 0 Å². The quantitative estimate of drug-likeness (QED) is 0.592. The molecule has 110 valence electrons. The Morgan fingerprint density at radius 3 is 2.42 bits per heavy atom. The number of nitrogens with one attached hydrogen (secondary N) is 2. The lowest BCUT2D eigenvalue weighted by molar-refractivity contribution is -0.109. The Labute approximate surface area is 115 Å². The fourth-order valence-electron chi connectivity index (χ4n) is 2.47. The monoisotopic (exact) mass is 289 g/mol. The molecule has 2 rings (SSSR count). The first-order valence-electron chi connectivity index (χ1n) is 6.99. The minimum absolute atomic E-state index is 0.132. The third-order valence-electron chi connectivity index (χ3n) is 3.89. The van der Waals surface area contributed by atoms with Crippen LogP contribution in [0.3, 0.4) is 0 Å². The highest BCUT2D eigenvalue weighted by molar-refractivity contribution is 7.90. The lowest BCUT2D eigenvalue weighted by atomic mass is 9.97. The molecule has 0 spiro atoms. The molecule has 6 nitrogen and oxygen atoms in total. The molecule has 0 radical (unpaired) electrons. The van der Waals surface area contributed by atoms with Gasteiger partial charge in [-0.2, -0.15) is 0 Å². The number of piperidine rings is 1. The van der Waals surface area contributed by atoms with E-state index in [1.807, 2.05) is 0 Å². The van der Waals surface area contributed by atoms with E-state index in [9.17, 15) is 13.2 Å². The fraction of sp³-hybridized carbons (Fsp3) is 0.917. The van der Waals surface area contributed by atoms with Crippen LogP contribution in [0.4, 0.5) is 0 Å². The van der Waals surface area contributed by atoms with Crippen molar-refractivity contribution in [2.75, 3.05) is 32.7 Å². The topological polar surface area (TPSA) is 78.5 Å². The molecule has 2 aliphatic rings. The van der Waals surface area contributed by atoms with Crippen molar-refractivity contribution >= 4 is 16.4 Å². The van der Waals surface area contributed by atoms with Crippen molar-refractivity contribution in [3.05, 3.63) is 0 Å². The van der Waals surface area contributed by atoms with Crippen molar-refractivity contribution in [2.45, 2.75) is 30.9 Å². The van der Waals surface area contributed by atoms with Crippen LogP contribution >= 0.6 is 0 Å². The smallest absolute Gasteiger partial charge is 0.214 e. The number of likely N-dealkylation sites (tertiary alicyclic amines) is 1. The van der Waals surface area contributed by atoms with Crippen LogP contribution in [-0.4, -0.2) is 57.7 Å². The summed E-state index contributed by atoms with van der Waals surface area (Å²) in [5.74, 6) is 0.560. The van der Waals surface area contributed by atoms with Gasteiger partial charge in [0, 0.05) is 19.6 Å². The molecule has 7 heteroatoms. The van der Waals surface area contributed by atoms with Gasteiger partial charge in [-0.15, -0.1) is 0 Å². The maximum atomic E-state index is 11.6. The average molecular weight is 289 g/mol. The van der Waals surface area contributed by atoms with E-state index >= 15 is 0 Å². The van der Waals surface area contributed by atoms with Crippen LogP contribution in [0.15, 0.2) is 0 Å². The van der Waals surface area contributed by atoms with E-state index < -0.39 is 10.0 Å². The molecule has 2 N–H and O–H groups in total. The summed E-state index contributed by atoms with van der Waals surface area (Å²) < 4.78 is 26.0. The van der Waals surface area contributed by atoms with Gasteiger partial charge in [-0.1, -0.05) is 0 Å². The molecule has 1 saturated carbocycles. The Balaban J connectivity index is 1.59. The zero-order chi connectivity index (χ0) is 13.7. The molecule has 1 heterocycles. The second kappa shape index (κ2) is 6.67. The van der Waals surface area contributed by atoms with Gasteiger partial charge in [0.15, 0.2) is 0 Å². The molecular formula is C12H23N3O3S. The van der Waals surface area contributed by atoms with E-state index in [0.717, 1.165) is 58.3 Å². The fourth-order valence-corrected chi connectivity index (χ4v) is 3.84. The van der Waals surface area contributed by atoms with Crippen molar-refractivity contribution in [2.24, 2.45) is 5.92 Å². The van der Waals surface area contributed by atoms with E-state index in [0.29, 0.717) is 12.5 Å². The summed E-state index contributed by atoms with van der Waals surface area (Å²) in [5, 5.41) is 2.59. The molecule has 1 amide bonds. The summed E-state index contributed by atoms with van der Waals surface area (Å²) in [6.45, 7) is 4.01. The van der Waals surface area contributed by atoms with Gasteiger partial charge in [-0.25, -0.2) is 13.1 Å². The summed E-state index contributed by atoms with van der Waals surface area (Å²) in [4.78, 5) is 12.5. The Morgan fingerprint density at radius 1 is 1.16 bits per heavy atom. The number of carbonyl (C=O) groups excluding carboxylic acids is 1. The second-order valence-corrected chi connectivity index (χ2v) is 7.50. The summed E-state index contributed by atoms with van der Waals surface area (Å²) in [6.07, 6.45) is 4.50. The number of nitrogens with zero attached hydrogens (tertiary/aromatic N) is 1. The Hall–Kier alpha value is -0.660. The maximum Gasteiger partial charge on any atom is 0.214 e. The molecular weight excluding hydrogens is 266 g/mol. The van der Waals surface area contributed by atoms with Crippen LogP contribution in [0.25, 0.3) is 0 Å². The van der Waals surface area contributed by atoms with Crippen LogP contribution in [0.1, 0.15) is 25.7 Å². The number of carbonyl (C=O) groups is 1. The Bertz CT molecular complexity index is 387. The lowest BCUT2D eigenvalue weighted by Crippen LogP contribution is -2.41. The first kappa shape index (κ1) is 14.7. The molecule has 0 unspecified atom stereocenters. The molecule has 0 atom stereocenters.